The van der Waals surface area contributed by atoms with Crippen LogP contribution in [-0.2, 0) is 11.2 Å². The maximum absolute atomic E-state index is 12.2. The molecular weight excluding hydrogens is 236 g/mol. The van der Waals surface area contributed by atoms with Crippen LogP contribution in [0.4, 0.5) is 0 Å². The molecule has 1 aliphatic rings. The van der Waals surface area contributed by atoms with Gasteiger partial charge in [0, 0.05) is 18.8 Å². The molecule has 92 valence electrons. The molecule has 0 radical (unpaired) electrons. The molecule has 0 amide bonds. The molecule has 1 aliphatic carbocycles. The minimum Gasteiger partial charge on any atom is -0.319 e. The van der Waals surface area contributed by atoms with E-state index in [1.807, 2.05) is 0 Å². The number of halogens is 1. The summed E-state index contributed by atoms with van der Waals surface area (Å²) in [7, 11) is 0. The third-order valence-electron chi connectivity index (χ3n) is 3.51. The van der Waals surface area contributed by atoms with Crippen LogP contribution < -0.4 is 5.73 Å². The Morgan fingerprint density at radius 1 is 1.41 bits per heavy atom. The summed E-state index contributed by atoms with van der Waals surface area (Å²) < 4.78 is 0. The normalized spacial score (nSPS) is 18.9. The lowest BCUT2D eigenvalue weighted by atomic mass is 9.78. The van der Waals surface area contributed by atoms with Crippen LogP contribution in [0.5, 0.6) is 0 Å². The number of Topliss-reactive ketones (excluding diaryl/α,β-unsaturated/α-hetero) is 1. The van der Waals surface area contributed by atoms with E-state index in [2.05, 4.69) is 4.98 Å². The van der Waals surface area contributed by atoms with Crippen molar-refractivity contribution in [2.75, 3.05) is 0 Å². The van der Waals surface area contributed by atoms with E-state index < -0.39 is 5.54 Å². The maximum atomic E-state index is 12.2. The highest BCUT2D eigenvalue weighted by atomic mass is 35.5. The monoisotopic (exact) mass is 252 g/mol. The molecule has 1 aromatic rings. The largest absolute Gasteiger partial charge is 0.319 e. The average molecular weight is 253 g/mol. The van der Waals surface area contributed by atoms with Crippen LogP contribution in [0, 0.1) is 0 Å². The van der Waals surface area contributed by atoms with Crippen LogP contribution in [0.3, 0.4) is 0 Å². The predicted molar refractivity (Wildman–Crippen MR) is 68.0 cm³/mol. The van der Waals surface area contributed by atoms with Gasteiger partial charge < -0.3 is 5.73 Å². The highest BCUT2D eigenvalue weighted by molar-refractivity contribution is 6.31. The molecule has 17 heavy (non-hydrogen) atoms. The lowest BCUT2D eigenvalue weighted by Gasteiger charge is -2.31. The number of hydrogen-bond acceptors (Lipinski definition) is 3. The van der Waals surface area contributed by atoms with Gasteiger partial charge in [-0.3, -0.25) is 9.78 Å². The Morgan fingerprint density at radius 3 is 2.76 bits per heavy atom. The summed E-state index contributed by atoms with van der Waals surface area (Å²) in [5.41, 5.74) is 6.38. The molecule has 0 saturated heterocycles. The van der Waals surface area contributed by atoms with E-state index in [0.29, 0.717) is 11.4 Å². The Hall–Kier alpha value is -0.930. The Morgan fingerprint density at radius 2 is 2.12 bits per heavy atom. The van der Waals surface area contributed by atoms with Gasteiger partial charge in [0.2, 0.25) is 0 Å². The van der Waals surface area contributed by atoms with E-state index in [1.165, 1.54) is 6.42 Å². The van der Waals surface area contributed by atoms with Gasteiger partial charge in [-0.1, -0.05) is 30.9 Å². The first-order chi connectivity index (χ1) is 8.12. The first-order valence-electron chi connectivity index (χ1n) is 6.02. The molecule has 0 aliphatic heterocycles. The number of pyridine rings is 1. The maximum Gasteiger partial charge on any atom is 0.157 e. The van der Waals surface area contributed by atoms with Crippen molar-refractivity contribution in [2.45, 2.75) is 44.1 Å². The SMILES string of the molecule is NC1(C(=O)Cc2ccncc2Cl)CCCCC1. The van der Waals surface area contributed by atoms with Gasteiger partial charge in [0.1, 0.15) is 0 Å². The molecule has 1 heterocycles. The first kappa shape index (κ1) is 12.5. The van der Waals surface area contributed by atoms with Crippen molar-refractivity contribution < 1.29 is 4.79 Å². The van der Waals surface area contributed by atoms with Crippen LogP contribution in [0.15, 0.2) is 18.5 Å². The Balaban J connectivity index is 2.08. The quantitative estimate of drug-likeness (QED) is 0.899. The van der Waals surface area contributed by atoms with Crippen molar-refractivity contribution in [2.24, 2.45) is 5.73 Å². The Bertz CT molecular complexity index is 414. The fraction of sp³-hybridized carbons (Fsp3) is 0.538. The van der Waals surface area contributed by atoms with Crippen LogP contribution in [-0.4, -0.2) is 16.3 Å². The van der Waals surface area contributed by atoms with E-state index >= 15 is 0 Å². The van der Waals surface area contributed by atoms with Gasteiger partial charge >= 0.3 is 0 Å². The van der Waals surface area contributed by atoms with Crippen molar-refractivity contribution in [3.8, 4) is 0 Å². The molecule has 4 heteroatoms. The number of rotatable bonds is 3. The first-order valence-corrected chi connectivity index (χ1v) is 6.40. The van der Waals surface area contributed by atoms with E-state index in [0.717, 1.165) is 31.2 Å². The summed E-state index contributed by atoms with van der Waals surface area (Å²) >= 11 is 6.00. The number of ketones is 1. The average Bonchev–Trinajstić information content (AvgIpc) is 2.33. The smallest absolute Gasteiger partial charge is 0.157 e. The number of carbonyl (C=O) groups is 1. The molecule has 0 atom stereocenters. The molecule has 1 fully saturated rings. The van der Waals surface area contributed by atoms with Crippen LogP contribution >= 0.6 is 11.6 Å². The van der Waals surface area contributed by atoms with E-state index in [1.54, 1.807) is 18.5 Å². The number of hydrogen-bond donors (Lipinski definition) is 1. The third kappa shape index (κ3) is 2.85. The number of nitrogens with zero attached hydrogens (tertiary/aromatic N) is 1. The lowest BCUT2D eigenvalue weighted by molar-refractivity contribution is -0.124. The standard InChI is InChI=1S/C13H17ClN2O/c14-11-9-16-7-4-10(11)8-12(17)13(15)5-2-1-3-6-13/h4,7,9H,1-3,5-6,8,15H2. The summed E-state index contributed by atoms with van der Waals surface area (Å²) in [5, 5.41) is 0.542. The van der Waals surface area contributed by atoms with Crippen LogP contribution in [0.1, 0.15) is 37.7 Å². The molecule has 0 bridgehead atoms. The second-order valence-electron chi connectivity index (χ2n) is 4.78. The minimum atomic E-state index is -0.634. The molecular formula is C13H17ClN2O. The second-order valence-corrected chi connectivity index (χ2v) is 5.19. The minimum absolute atomic E-state index is 0.102. The summed E-state index contributed by atoms with van der Waals surface area (Å²) in [6, 6.07) is 1.78. The molecule has 1 aromatic heterocycles. The van der Waals surface area contributed by atoms with Gasteiger partial charge in [-0.05, 0) is 24.5 Å². The number of nitrogens with two attached hydrogens (primary N) is 1. The van der Waals surface area contributed by atoms with Crippen LogP contribution in [0.2, 0.25) is 5.02 Å². The molecule has 0 unspecified atom stereocenters. The van der Waals surface area contributed by atoms with Crippen molar-refractivity contribution >= 4 is 17.4 Å². The van der Waals surface area contributed by atoms with E-state index in [-0.39, 0.29) is 5.78 Å². The highest BCUT2D eigenvalue weighted by Gasteiger charge is 2.34. The fourth-order valence-electron chi connectivity index (χ4n) is 2.36. The van der Waals surface area contributed by atoms with Gasteiger partial charge in [-0.15, -0.1) is 0 Å². The number of carbonyl (C=O) groups excluding carboxylic acids is 1. The third-order valence-corrected chi connectivity index (χ3v) is 3.85. The zero-order valence-corrected chi connectivity index (χ0v) is 10.5. The Labute approximate surface area is 106 Å². The van der Waals surface area contributed by atoms with Gasteiger partial charge in [-0.25, -0.2) is 0 Å². The molecule has 0 spiro atoms. The van der Waals surface area contributed by atoms with Gasteiger partial charge in [0.05, 0.1) is 10.6 Å². The Kier molecular flexibility index (Phi) is 3.79. The zero-order chi connectivity index (χ0) is 12.3. The summed E-state index contributed by atoms with van der Waals surface area (Å²) in [4.78, 5) is 16.1. The fourth-order valence-corrected chi connectivity index (χ4v) is 2.54. The highest BCUT2D eigenvalue weighted by Crippen LogP contribution is 2.28. The van der Waals surface area contributed by atoms with Crippen molar-refractivity contribution in [3.63, 3.8) is 0 Å². The van der Waals surface area contributed by atoms with Crippen molar-refractivity contribution in [1.29, 1.82) is 0 Å². The molecule has 0 aromatic carbocycles. The zero-order valence-electron chi connectivity index (χ0n) is 9.79. The van der Waals surface area contributed by atoms with Gasteiger partial charge in [0.15, 0.2) is 5.78 Å². The molecule has 3 nitrogen and oxygen atoms in total. The topological polar surface area (TPSA) is 56.0 Å². The number of aromatic nitrogens is 1. The molecule has 1 saturated carbocycles. The second kappa shape index (κ2) is 5.15. The van der Waals surface area contributed by atoms with E-state index in [9.17, 15) is 4.79 Å². The summed E-state index contributed by atoms with van der Waals surface area (Å²) in [6.45, 7) is 0. The molecule has 2 rings (SSSR count). The predicted octanol–water partition coefficient (Wildman–Crippen LogP) is 2.51. The van der Waals surface area contributed by atoms with Crippen LogP contribution in [0.25, 0.3) is 0 Å². The summed E-state index contributed by atoms with van der Waals surface area (Å²) in [6.07, 6.45) is 8.41. The summed E-state index contributed by atoms with van der Waals surface area (Å²) in [5.74, 6) is 0.102. The lowest BCUT2D eigenvalue weighted by Crippen LogP contribution is -2.50. The van der Waals surface area contributed by atoms with Crippen molar-refractivity contribution in [1.82, 2.24) is 4.98 Å². The van der Waals surface area contributed by atoms with Gasteiger partial charge in [0.25, 0.3) is 0 Å². The van der Waals surface area contributed by atoms with Crippen molar-refractivity contribution in [3.05, 3.63) is 29.0 Å². The van der Waals surface area contributed by atoms with Gasteiger partial charge in [-0.2, -0.15) is 0 Å². The molecule has 2 N–H and O–H groups in total. The van der Waals surface area contributed by atoms with E-state index in [4.69, 9.17) is 17.3 Å².